The zero-order chi connectivity index (χ0) is 21.3. The number of aromatic nitrogens is 2. The van der Waals surface area contributed by atoms with Gasteiger partial charge in [-0.2, -0.15) is 4.31 Å². The molecule has 1 aliphatic rings. The van der Waals surface area contributed by atoms with Gasteiger partial charge in [0, 0.05) is 25.2 Å². The lowest BCUT2D eigenvalue weighted by molar-refractivity contribution is 0.269. The van der Waals surface area contributed by atoms with Gasteiger partial charge in [0.15, 0.2) is 0 Å². The quantitative estimate of drug-likeness (QED) is 0.622. The molecule has 1 fully saturated rings. The van der Waals surface area contributed by atoms with Gasteiger partial charge < -0.3 is 0 Å². The highest BCUT2D eigenvalue weighted by Crippen LogP contribution is 2.26. The average molecular weight is 430 g/mol. The Morgan fingerprint density at radius 3 is 2.47 bits per heavy atom. The minimum absolute atomic E-state index is 0.141. The van der Waals surface area contributed by atoms with E-state index in [9.17, 15) is 17.6 Å². The van der Waals surface area contributed by atoms with Gasteiger partial charge in [-0.3, -0.25) is 9.36 Å². The number of nitrogens with zero attached hydrogens (tertiary/aromatic N) is 3. The van der Waals surface area contributed by atoms with Crippen LogP contribution in [0.1, 0.15) is 37.8 Å². The van der Waals surface area contributed by atoms with Crippen LogP contribution in [-0.2, 0) is 16.4 Å². The molecule has 2 heterocycles. The molecule has 0 unspecified atom stereocenters. The van der Waals surface area contributed by atoms with Crippen LogP contribution < -0.4 is 5.56 Å². The second kappa shape index (κ2) is 8.28. The maximum absolute atomic E-state index is 13.4. The first-order valence-electron chi connectivity index (χ1n) is 10.2. The summed E-state index contributed by atoms with van der Waals surface area (Å²) < 4.78 is 42.4. The second-order valence-electron chi connectivity index (χ2n) is 7.65. The molecule has 0 radical (unpaired) electrons. The van der Waals surface area contributed by atoms with Gasteiger partial charge in [0.2, 0.25) is 10.0 Å². The van der Waals surface area contributed by atoms with Crippen molar-refractivity contribution >= 4 is 20.9 Å². The van der Waals surface area contributed by atoms with Gasteiger partial charge >= 0.3 is 0 Å². The van der Waals surface area contributed by atoms with Crippen molar-refractivity contribution in [3.63, 3.8) is 0 Å². The Balaban J connectivity index is 1.51. The molecule has 8 heteroatoms. The van der Waals surface area contributed by atoms with Gasteiger partial charge in [-0.15, -0.1) is 0 Å². The SMILES string of the molecule is CCCc1ccc(S(=O)(=O)N2CCC(n3cnc4cc(F)ccc4c3=O)CC2)cc1. The van der Waals surface area contributed by atoms with Crippen LogP contribution in [0.15, 0.2) is 58.5 Å². The van der Waals surface area contributed by atoms with Crippen molar-refractivity contribution in [2.75, 3.05) is 13.1 Å². The molecule has 4 rings (SSSR count). The molecule has 1 aliphatic heterocycles. The van der Waals surface area contributed by atoms with Gasteiger partial charge in [0.25, 0.3) is 5.56 Å². The first kappa shape index (κ1) is 20.7. The molecule has 1 aromatic heterocycles. The van der Waals surface area contributed by atoms with Crippen LogP contribution in [0.25, 0.3) is 10.9 Å². The second-order valence-corrected chi connectivity index (χ2v) is 9.59. The summed E-state index contributed by atoms with van der Waals surface area (Å²) in [4.78, 5) is 17.3. The fraction of sp³-hybridized carbons (Fsp3) is 0.364. The van der Waals surface area contributed by atoms with E-state index in [1.54, 1.807) is 16.7 Å². The number of hydrogen-bond donors (Lipinski definition) is 0. The summed E-state index contributed by atoms with van der Waals surface area (Å²) in [5.74, 6) is -0.437. The van der Waals surface area contributed by atoms with E-state index >= 15 is 0 Å². The number of fused-ring (bicyclic) bond motifs is 1. The monoisotopic (exact) mass is 429 g/mol. The number of rotatable bonds is 5. The van der Waals surface area contributed by atoms with E-state index < -0.39 is 15.8 Å². The van der Waals surface area contributed by atoms with Crippen molar-refractivity contribution in [1.29, 1.82) is 0 Å². The number of halogens is 1. The zero-order valence-electron chi connectivity index (χ0n) is 16.8. The third-order valence-electron chi connectivity index (χ3n) is 5.66. The van der Waals surface area contributed by atoms with Crippen LogP contribution in [0.3, 0.4) is 0 Å². The smallest absolute Gasteiger partial charge is 0.261 e. The Morgan fingerprint density at radius 2 is 1.80 bits per heavy atom. The van der Waals surface area contributed by atoms with Crippen LogP contribution in [0, 0.1) is 5.82 Å². The van der Waals surface area contributed by atoms with Crippen LogP contribution in [0.4, 0.5) is 4.39 Å². The summed E-state index contributed by atoms with van der Waals surface area (Å²) in [7, 11) is -3.56. The lowest BCUT2D eigenvalue weighted by Gasteiger charge is -2.32. The fourth-order valence-electron chi connectivity index (χ4n) is 4.00. The maximum Gasteiger partial charge on any atom is 0.261 e. The van der Waals surface area contributed by atoms with Gasteiger partial charge in [0.1, 0.15) is 5.82 Å². The van der Waals surface area contributed by atoms with E-state index in [2.05, 4.69) is 11.9 Å². The van der Waals surface area contributed by atoms with E-state index in [4.69, 9.17) is 0 Å². The van der Waals surface area contributed by atoms with Gasteiger partial charge in [-0.05, 0) is 49.1 Å². The highest BCUT2D eigenvalue weighted by molar-refractivity contribution is 7.89. The molecule has 0 saturated carbocycles. The zero-order valence-corrected chi connectivity index (χ0v) is 17.6. The Bertz CT molecular complexity index is 1210. The summed E-state index contributed by atoms with van der Waals surface area (Å²) in [5, 5.41) is 0.362. The lowest BCUT2D eigenvalue weighted by atomic mass is 10.1. The molecule has 0 N–H and O–H groups in total. The van der Waals surface area contributed by atoms with E-state index in [-0.39, 0.29) is 11.6 Å². The van der Waals surface area contributed by atoms with Crippen LogP contribution in [0.5, 0.6) is 0 Å². The third kappa shape index (κ3) is 3.89. The summed E-state index contributed by atoms with van der Waals surface area (Å²) in [6, 6.07) is 10.9. The molecule has 3 aromatic rings. The molecule has 30 heavy (non-hydrogen) atoms. The van der Waals surface area contributed by atoms with Crippen LogP contribution >= 0.6 is 0 Å². The summed E-state index contributed by atoms with van der Waals surface area (Å²) in [6.45, 7) is 2.75. The Labute approximate surface area is 175 Å². The third-order valence-corrected chi connectivity index (χ3v) is 7.58. The van der Waals surface area contributed by atoms with Crippen molar-refractivity contribution in [2.45, 2.75) is 43.5 Å². The van der Waals surface area contributed by atoms with E-state index in [1.165, 1.54) is 28.8 Å². The molecular weight excluding hydrogens is 405 g/mol. The van der Waals surface area contributed by atoms with Crippen LogP contribution in [0.2, 0.25) is 0 Å². The van der Waals surface area contributed by atoms with Gasteiger partial charge in [0.05, 0.1) is 22.1 Å². The molecule has 0 aliphatic carbocycles. The standard InChI is InChI=1S/C22H24FN3O3S/c1-2-3-16-4-7-19(8-5-16)30(28,29)25-12-10-18(11-13-25)26-15-24-21-14-17(23)6-9-20(21)22(26)27/h4-9,14-15,18H,2-3,10-13H2,1H3. The van der Waals surface area contributed by atoms with Crippen molar-refractivity contribution in [3.8, 4) is 0 Å². The van der Waals surface area contributed by atoms with Crippen molar-refractivity contribution < 1.29 is 12.8 Å². The fourth-order valence-corrected chi connectivity index (χ4v) is 5.46. The number of aryl methyl sites for hydroxylation is 1. The summed E-state index contributed by atoms with van der Waals surface area (Å²) in [5.41, 5.74) is 1.22. The molecule has 2 aromatic carbocycles. The molecule has 0 atom stereocenters. The lowest BCUT2D eigenvalue weighted by Crippen LogP contribution is -2.40. The normalized spacial score (nSPS) is 16.2. The van der Waals surface area contributed by atoms with E-state index in [0.29, 0.717) is 41.7 Å². The average Bonchev–Trinajstić information content (AvgIpc) is 2.75. The Morgan fingerprint density at radius 1 is 1.10 bits per heavy atom. The Hall–Kier alpha value is -2.58. The minimum Gasteiger partial charge on any atom is -0.296 e. The highest BCUT2D eigenvalue weighted by atomic mass is 32.2. The van der Waals surface area contributed by atoms with Gasteiger partial charge in [-0.1, -0.05) is 25.5 Å². The topological polar surface area (TPSA) is 72.3 Å². The van der Waals surface area contributed by atoms with E-state index in [0.717, 1.165) is 18.4 Å². The van der Waals surface area contributed by atoms with Crippen molar-refractivity contribution in [3.05, 3.63) is 70.5 Å². The summed E-state index contributed by atoms with van der Waals surface area (Å²) >= 11 is 0. The number of benzene rings is 2. The molecule has 0 spiro atoms. The first-order valence-corrected chi connectivity index (χ1v) is 11.6. The maximum atomic E-state index is 13.4. The predicted octanol–water partition coefficient (Wildman–Crippen LogP) is 3.51. The minimum atomic E-state index is -3.56. The molecule has 158 valence electrons. The molecular formula is C22H24FN3O3S. The van der Waals surface area contributed by atoms with Crippen LogP contribution in [-0.4, -0.2) is 35.4 Å². The molecule has 0 bridgehead atoms. The van der Waals surface area contributed by atoms with Crippen molar-refractivity contribution in [1.82, 2.24) is 13.9 Å². The molecule has 0 amide bonds. The largest absolute Gasteiger partial charge is 0.296 e. The Kier molecular flexibility index (Phi) is 5.71. The highest BCUT2D eigenvalue weighted by Gasteiger charge is 2.30. The molecule has 1 saturated heterocycles. The number of piperidine rings is 1. The predicted molar refractivity (Wildman–Crippen MR) is 113 cm³/mol. The first-order chi connectivity index (χ1) is 14.4. The van der Waals surface area contributed by atoms with E-state index in [1.807, 2.05) is 12.1 Å². The molecule has 6 nitrogen and oxygen atoms in total. The number of sulfonamides is 1. The van der Waals surface area contributed by atoms with Crippen molar-refractivity contribution in [2.24, 2.45) is 0 Å². The van der Waals surface area contributed by atoms with Gasteiger partial charge in [-0.25, -0.2) is 17.8 Å². The number of hydrogen-bond acceptors (Lipinski definition) is 4. The summed E-state index contributed by atoms with van der Waals surface area (Å²) in [6.07, 6.45) is 4.40.